The first-order valence-corrected chi connectivity index (χ1v) is 3.23. The van der Waals surface area contributed by atoms with Crippen molar-refractivity contribution in [1.82, 2.24) is 9.97 Å². The normalized spacial score (nSPS) is 9.42. The average molecular weight is 167 g/mol. The molecule has 6 heteroatoms. The molecule has 1 heterocycles. The molecule has 1 aromatic heterocycles. The summed E-state index contributed by atoms with van der Waals surface area (Å²) in [7, 11) is 1.62. The Morgan fingerprint density at radius 3 is 2.92 bits per heavy atom. The van der Waals surface area contributed by atoms with E-state index in [4.69, 9.17) is 5.73 Å². The smallest absolute Gasteiger partial charge is 0.280 e. The van der Waals surface area contributed by atoms with E-state index in [0.29, 0.717) is 5.82 Å². The molecule has 0 aliphatic carbocycles. The van der Waals surface area contributed by atoms with Crippen LogP contribution in [0, 0.1) is 0 Å². The second-order valence-electron chi connectivity index (χ2n) is 2.06. The van der Waals surface area contributed by atoms with E-state index in [0.717, 1.165) is 0 Å². The van der Waals surface area contributed by atoms with E-state index < -0.39 is 5.56 Å². The van der Waals surface area contributed by atoms with Crippen molar-refractivity contribution in [3.8, 4) is 0 Å². The summed E-state index contributed by atoms with van der Waals surface area (Å²) in [6.45, 7) is 3.24. The molecular formula is C6H9N5O. The second kappa shape index (κ2) is 3.04. The van der Waals surface area contributed by atoms with Gasteiger partial charge < -0.3 is 11.1 Å². The third-order valence-electron chi connectivity index (χ3n) is 1.31. The van der Waals surface area contributed by atoms with Crippen LogP contribution in [0.1, 0.15) is 0 Å². The number of aromatic amines is 1. The van der Waals surface area contributed by atoms with Crippen LogP contribution in [0.15, 0.2) is 9.79 Å². The number of nitrogens with one attached hydrogen (secondary N) is 2. The Balaban J connectivity index is 3.44. The number of hydrogen-bond acceptors (Lipinski definition) is 5. The summed E-state index contributed by atoms with van der Waals surface area (Å²) in [6.07, 6.45) is 0. The minimum Gasteiger partial charge on any atom is -0.371 e. The highest BCUT2D eigenvalue weighted by Crippen LogP contribution is 2.15. The van der Waals surface area contributed by atoms with Crippen molar-refractivity contribution in [2.24, 2.45) is 4.99 Å². The molecule has 0 amide bonds. The van der Waals surface area contributed by atoms with E-state index in [1.807, 2.05) is 0 Å². The maximum Gasteiger partial charge on any atom is 0.280 e. The molecule has 6 nitrogen and oxygen atoms in total. The fourth-order valence-corrected chi connectivity index (χ4v) is 0.805. The molecule has 0 aliphatic heterocycles. The van der Waals surface area contributed by atoms with Crippen LogP contribution in [0.25, 0.3) is 0 Å². The zero-order valence-electron chi connectivity index (χ0n) is 6.59. The average Bonchev–Trinajstić information content (AvgIpc) is 2.03. The van der Waals surface area contributed by atoms with Gasteiger partial charge in [-0.2, -0.15) is 4.98 Å². The minimum atomic E-state index is -0.401. The van der Waals surface area contributed by atoms with Gasteiger partial charge in [-0.1, -0.05) is 0 Å². The summed E-state index contributed by atoms with van der Waals surface area (Å²) < 4.78 is 0. The Bertz CT molecular complexity index is 355. The van der Waals surface area contributed by atoms with Crippen LogP contribution in [0.3, 0.4) is 0 Å². The number of aromatic nitrogens is 2. The van der Waals surface area contributed by atoms with Gasteiger partial charge in [0.25, 0.3) is 5.56 Å². The topological polar surface area (TPSA) is 96.2 Å². The number of rotatable bonds is 2. The highest BCUT2D eigenvalue weighted by molar-refractivity contribution is 5.62. The van der Waals surface area contributed by atoms with Crippen molar-refractivity contribution in [1.29, 1.82) is 0 Å². The van der Waals surface area contributed by atoms with Crippen LogP contribution in [0.4, 0.5) is 17.5 Å². The van der Waals surface area contributed by atoms with E-state index in [2.05, 4.69) is 27.0 Å². The number of H-pyrrole nitrogens is 1. The van der Waals surface area contributed by atoms with Gasteiger partial charge in [-0.15, -0.1) is 0 Å². The van der Waals surface area contributed by atoms with Crippen LogP contribution in [0.5, 0.6) is 0 Å². The Morgan fingerprint density at radius 1 is 1.75 bits per heavy atom. The summed E-state index contributed by atoms with van der Waals surface area (Å²) in [5.74, 6) is 0.378. The van der Waals surface area contributed by atoms with Crippen molar-refractivity contribution in [2.75, 3.05) is 18.1 Å². The molecule has 0 spiro atoms. The lowest BCUT2D eigenvalue weighted by atomic mass is 10.5. The summed E-state index contributed by atoms with van der Waals surface area (Å²) in [4.78, 5) is 20.7. The zero-order chi connectivity index (χ0) is 9.14. The van der Waals surface area contributed by atoms with Gasteiger partial charge in [-0.05, 0) is 6.72 Å². The number of nitrogen functional groups attached to an aromatic ring is 1. The Labute approximate surface area is 68.5 Å². The number of nitrogens with zero attached hydrogens (tertiary/aromatic N) is 2. The van der Waals surface area contributed by atoms with Gasteiger partial charge in [0.1, 0.15) is 0 Å². The number of anilines is 2. The SMILES string of the molecule is C=Nc1c(NC)nc(N)[nH]c1=O. The van der Waals surface area contributed by atoms with Crippen molar-refractivity contribution in [3.05, 3.63) is 10.4 Å². The van der Waals surface area contributed by atoms with Gasteiger partial charge in [-0.3, -0.25) is 14.8 Å². The predicted octanol–water partition coefficient (Wildman–Crippen LogP) is -0.274. The van der Waals surface area contributed by atoms with E-state index >= 15 is 0 Å². The third-order valence-corrected chi connectivity index (χ3v) is 1.31. The zero-order valence-corrected chi connectivity index (χ0v) is 6.59. The monoisotopic (exact) mass is 167 g/mol. The molecule has 0 atom stereocenters. The second-order valence-corrected chi connectivity index (χ2v) is 2.06. The third kappa shape index (κ3) is 1.26. The molecule has 0 bridgehead atoms. The molecular weight excluding hydrogens is 158 g/mol. The molecule has 64 valence electrons. The predicted molar refractivity (Wildman–Crippen MR) is 48.0 cm³/mol. The highest BCUT2D eigenvalue weighted by atomic mass is 16.1. The molecule has 0 aromatic carbocycles. The van der Waals surface area contributed by atoms with Crippen LogP contribution in [0.2, 0.25) is 0 Å². The molecule has 0 aliphatic rings. The van der Waals surface area contributed by atoms with E-state index in [1.54, 1.807) is 7.05 Å². The standard InChI is InChI=1S/C6H9N5O/c1-8-3-4(9-2)10-6(7)11-5(3)12/h1H2,2H3,(H4,7,9,10,11,12). The van der Waals surface area contributed by atoms with E-state index in [1.165, 1.54) is 0 Å². The van der Waals surface area contributed by atoms with Gasteiger partial charge in [0.05, 0.1) is 0 Å². The van der Waals surface area contributed by atoms with Gasteiger partial charge in [0.15, 0.2) is 11.5 Å². The molecule has 0 unspecified atom stereocenters. The Kier molecular flexibility index (Phi) is 2.09. The van der Waals surface area contributed by atoms with Gasteiger partial charge in [0.2, 0.25) is 5.95 Å². The summed E-state index contributed by atoms with van der Waals surface area (Å²) >= 11 is 0. The fraction of sp³-hybridized carbons (Fsp3) is 0.167. The number of hydrogen-bond donors (Lipinski definition) is 3. The van der Waals surface area contributed by atoms with Crippen LogP contribution in [-0.2, 0) is 0 Å². The fourth-order valence-electron chi connectivity index (χ4n) is 0.805. The quantitative estimate of drug-likeness (QED) is 0.528. The molecule has 0 saturated heterocycles. The molecule has 0 fully saturated rings. The molecule has 12 heavy (non-hydrogen) atoms. The van der Waals surface area contributed by atoms with Gasteiger partial charge in [0, 0.05) is 7.05 Å². The Hall–Kier alpha value is -1.85. The maximum atomic E-state index is 11.1. The highest BCUT2D eigenvalue weighted by Gasteiger charge is 2.05. The first-order valence-electron chi connectivity index (χ1n) is 3.23. The molecule has 4 N–H and O–H groups in total. The molecule has 0 saturated carbocycles. The first-order chi connectivity index (χ1) is 5.69. The summed E-state index contributed by atoms with van der Waals surface area (Å²) in [5, 5.41) is 2.68. The van der Waals surface area contributed by atoms with Crippen LogP contribution >= 0.6 is 0 Å². The molecule has 1 aromatic rings. The van der Waals surface area contributed by atoms with Crippen molar-refractivity contribution in [2.45, 2.75) is 0 Å². The summed E-state index contributed by atoms with van der Waals surface area (Å²) in [5.41, 5.74) is 5.03. The largest absolute Gasteiger partial charge is 0.371 e. The van der Waals surface area contributed by atoms with Crippen molar-refractivity contribution < 1.29 is 0 Å². The minimum absolute atomic E-state index is 0.0525. The van der Waals surface area contributed by atoms with Crippen LogP contribution in [-0.4, -0.2) is 23.7 Å². The lowest BCUT2D eigenvalue weighted by Gasteiger charge is -2.02. The molecule has 0 radical (unpaired) electrons. The Morgan fingerprint density at radius 2 is 2.42 bits per heavy atom. The van der Waals surface area contributed by atoms with E-state index in [-0.39, 0.29) is 11.6 Å². The first kappa shape index (κ1) is 8.25. The van der Waals surface area contributed by atoms with E-state index in [9.17, 15) is 4.79 Å². The summed E-state index contributed by atoms with van der Waals surface area (Å²) in [6, 6.07) is 0. The van der Waals surface area contributed by atoms with Gasteiger partial charge >= 0.3 is 0 Å². The van der Waals surface area contributed by atoms with Crippen molar-refractivity contribution in [3.63, 3.8) is 0 Å². The maximum absolute atomic E-state index is 11.1. The number of aliphatic imine (C=N–C) groups is 1. The van der Waals surface area contributed by atoms with Crippen molar-refractivity contribution >= 4 is 24.2 Å². The van der Waals surface area contributed by atoms with Crippen LogP contribution < -0.4 is 16.6 Å². The van der Waals surface area contributed by atoms with Gasteiger partial charge in [-0.25, -0.2) is 0 Å². The lowest BCUT2D eigenvalue weighted by molar-refractivity contribution is 1.12. The number of nitrogens with two attached hydrogens (primary N) is 1. The molecule has 1 rings (SSSR count). The lowest BCUT2D eigenvalue weighted by Crippen LogP contribution is -2.12.